The Hall–Kier alpha value is -1.51. The van der Waals surface area contributed by atoms with E-state index in [-0.39, 0.29) is 12.7 Å². The van der Waals surface area contributed by atoms with Crippen LogP contribution < -0.4 is 11.4 Å². The van der Waals surface area contributed by atoms with Crippen LogP contribution in [-0.2, 0) is 9.47 Å². The molecule has 0 saturated carbocycles. The summed E-state index contributed by atoms with van der Waals surface area (Å²) in [4.78, 5) is 15.4. The summed E-state index contributed by atoms with van der Waals surface area (Å²) in [6.45, 7) is -0.0617. The first-order chi connectivity index (χ1) is 10.5. The van der Waals surface area contributed by atoms with Gasteiger partial charge in [0.2, 0.25) is 0 Å². The number of halogens is 1. The van der Waals surface area contributed by atoms with Gasteiger partial charge in [-0.3, -0.25) is 4.57 Å². The lowest BCUT2D eigenvalue weighted by Crippen LogP contribution is -2.48. The Balaban J connectivity index is 1.84. The van der Waals surface area contributed by atoms with Crippen LogP contribution in [0.15, 0.2) is 11.0 Å². The molecule has 1 aromatic rings. The molecule has 0 unspecified atom stereocenters. The lowest BCUT2D eigenvalue weighted by Gasteiger charge is -2.45. The van der Waals surface area contributed by atoms with Gasteiger partial charge in [-0.25, -0.2) is 9.18 Å². The third-order valence-electron chi connectivity index (χ3n) is 4.27. The molecule has 0 amide bonds. The van der Waals surface area contributed by atoms with Gasteiger partial charge in [-0.1, -0.05) is 0 Å². The average Bonchev–Trinajstić information content (AvgIpc) is 2.51. The maximum absolute atomic E-state index is 13.6. The van der Waals surface area contributed by atoms with Gasteiger partial charge in [0.25, 0.3) is 0 Å². The fourth-order valence-corrected chi connectivity index (χ4v) is 3.19. The molecule has 0 bridgehead atoms. The van der Waals surface area contributed by atoms with E-state index in [9.17, 15) is 14.3 Å². The molecular formula is C14H20FN3O4. The van der Waals surface area contributed by atoms with Crippen LogP contribution >= 0.6 is 0 Å². The number of hydrogen-bond donors (Lipinski definition) is 2. The van der Waals surface area contributed by atoms with Crippen molar-refractivity contribution in [3.05, 3.63) is 22.5 Å². The Morgan fingerprint density at radius 1 is 1.41 bits per heavy atom. The zero-order valence-corrected chi connectivity index (χ0v) is 12.2. The van der Waals surface area contributed by atoms with Gasteiger partial charge in [-0.2, -0.15) is 4.98 Å². The van der Waals surface area contributed by atoms with Crippen molar-refractivity contribution in [2.45, 2.75) is 56.6 Å². The molecule has 7 nitrogen and oxygen atoms in total. The van der Waals surface area contributed by atoms with Crippen molar-refractivity contribution in [3.8, 4) is 0 Å². The van der Waals surface area contributed by atoms with Crippen molar-refractivity contribution >= 4 is 5.82 Å². The quantitative estimate of drug-likeness (QED) is 0.842. The Morgan fingerprint density at radius 3 is 2.86 bits per heavy atom. The SMILES string of the molecule is Nc1nc(=O)n([C@@H]2CCC[C@]3(CCC[C@@H](CO)O3)O2)cc1F. The highest BCUT2D eigenvalue weighted by Gasteiger charge is 2.43. The maximum atomic E-state index is 13.6. The van der Waals surface area contributed by atoms with Crippen molar-refractivity contribution in [2.24, 2.45) is 0 Å². The van der Waals surface area contributed by atoms with Crippen LogP contribution in [0.4, 0.5) is 10.2 Å². The van der Waals surface area contributed by atoms with Crippen molar-refractivity contribution in [1.82, 2.24) is 9.55 Å². The van der Waals surface area contributed by atoms with E-state index in [0.717, 1.165) is 30.0 Å². The topological polar surface area (TPSA) is 99.6 Å². The van der Waals surface area contributed by atoms with Gasteiger partial charge in [-0.15, -0.1) is 0 Å². The van der Waals surface area contributed by atoms with Crippen molar-refractivity contribution < 1.29 is 19.0 Å². The Morgan fingerprint density at radius 2 is 2.14 bits per heavy atom. The first kappa shape index (κ1) is 15.4. The molecule has 3 heterocycles. The molecule has 1 spiro atoms. The van der Waals surface area contributed by atoms with E-state index in [4.69, 9.17) is 15.2 Å². The Labute approximate surface area is 126 Å². The standard InChI is InChI=1S/C14H20FN3O4/c15-10-7-18(13(20)17-12(10)16)11-4-2-6-14(22-11)5-1-3-9(8-19)21-14/h7,9,11,19H,1-6,8H2,(H2,16,17,20)/t9-,11-,14-/m0/s1. The summed E-state index contributed by atoms with van der Waals surface area (Å²) in [5, 5.41) is 9.29. The molecule has 1 aromatic heterocycles. The summed E-state index contributed by atoms with van der Waals surface area (Å²) < 4.78 is 26.6. The zero-order valence-electron chi connectivity index (χ0n) is 12.2. The molecule has 2 fully saturated rings. The number of anilines is 1. The van der Waals surface area contributed by atoms with E-state index in [0.29, 0.717) is 19.3 Å². The molecule has 0 radical (unpaired) electrons. The fourth-order valence-electron chi connectivity index (χ4n) is 3.19. The predicted molar refractivity (Wildman–Crippen MR) is 75.4 cm³/mol. The molecule has 8 heteroatoms. The lowest BCUT2D eigenvalue weighted by atomic mass is 9.94. The molecule has 2 aliphatic heterocycles. The van der Waals surface area contributed by atoms with Crippen LogP contribution in [0.25, 0.3) is 0 Å². The number of nitrogens with zero attached hydrogens (tertiary/aromatic N) is 2. The largest absolute Gasteiger partial charge is 0.394 e. The molecule has 0 aromatic carbocycles. The second-order valence-electron chi connectivity index (χ2n) is 5.85. The second-order valence-corrected chi connectivity index (χ2v) is 5.85. The minimum Gasteiger partial charge on any atom is -0.394 e. The molecule has 122 valence electrons. The van der Waals surface area contributed by atoms with E-state index in [1.54, 1.807) is 0 Å². The van der Waals surface area contributed by atoms with E-state index in [2.05, 4.69) is 4.98 Å². The number of hydrogen-bond acceptors (Lipinski definition) is 6. The summed E-state index contributed by atoms with van der Waals surface area (Å²) >= 11 is 0. The van der Waals surface area contributed by atoms with Gasteiger partial charge < -0.3 is 20.3 Å². The number of rotatable bonds is 2. The lowest BCUT2D eigenvalue weighted by molar-refractivity contribution is -0.331. The molecule has 0 aliphatic carbocycles. The zero-order chi connectivity index (χ0) is 15.7. The van der Waals surface area contributed by atoms with E-state index < -0.39 is 29.3 Å². The van der Waals surface area contributed by atoms with Crippen LogP contribution in [0.1, 0.15) is 44.8 Å². The molecule has 3 rings (SSSR count). The van der Waals surface area contributed by atoms with Gasteiger partial charge >= 0.3 is 5.69 Å². The monoisotopic (exact) mass is 313 g/mol. The number of nitrogens with two attached hydrogens (primary N) is 1. The maximum Gasteiger partial charge on any atom is 0.351 e. The van der Waals surface area contributed by atoms with Crippen LogP contribution in [-0.4, -0.2) is 33.2 Å². The van der Waals surface area contributed by atoms with Gasteiger partial charge in [0.05, 0.1) is 18.9 Å². The second kappa shape index (κ2) is 5.94. The fraction of sp³-hybridized carbons (Fsp3) is 0.714. The third-order valence-corrected chi connectivity index (χ3v) is 4.27. The predicted octanol–water partition coefficient (Wildman–Crippen LogP) is 0.921. The summed E-state index contributed by atoms with van der Waals surface area (Å²) in [6.07, 6.45) is 4.53. The first-order valence-electron chi connectivity index (χ1n) is 7.54. The van der Waals surface area contributed by atoms with E-state index in [1.807, 2.05) is 0 Å². The number of aromatic nitrogens is 2. The Kier molecular flexibility index (Phi) is 4.16. The van der Waals surface area contributed by atoms with Crippen LogP contribution in [0.5, 0.6) is 0 Å². The highest BCUT2D eigenvalue weighted by molar-refractivity contribution is 5.26. The third kappa shape index (κ3) is 2.86. The smallest absolute Gasteiger partial charge is 0.351 e. The summed E-state index contributed by atoms with van der Waals surface area (Å²) in [6, 6.07) is 0. The van der Waals surface area contributed by atoms with E-state index in [1.165, 1.54) is 0 Å². The molecule has 3 atom stereocenters. The highest BCUT2D eigenvalue weighted by Crippen LogP contribution is 2.41. The van der Waals surface area contributed by atoms with Crippen LogP contribution in [0.2, 0.25) is 0 Å². The number of nitrogen functional groups attached to an aromatic ring is 1. The summed E-state index contributed by atoms with van der Waals surface area (Å²) in [5.74, 6) is -1.98. The van der Waals surface area contributed by atoms with Gasteiger partial charge in [0, 0.05) is 12.8 Å². The minimum atomic E-state index is -0.814. The summed E-state index contributed by atoms with van der Waals surface area (Å²) in [5.41, 5.74) is 4.66. The normalized spacial score (nSPS) is 32.3. The molecule has 3 N–H and O–H groups in total. The number of aliphatic hydroxyl groups is 1. The minimum absolute atomic E-state index is 0.0617. The number of aliphatic hydroxyl groups excluding tert-OH is 1. The van der Waals surface area contributed by atoms with Crippen LogP contribution in [0, 0.1) is 5.82 Å². The summed E-state index contributed by atoms with van der Waals surface area (Å²) in [7, 11) is 0. The van der Waals surface area contributed by atoms with Gasteiger partial charge in [0.1, 0.15) is 6.23 Å². The molecule has 2 saturated heterocycles. The van der Waals surface area contributed by atoms with Gasteiger partial charge in [0.15, 0.2) is 17.4 Å². The molecular weight excluding hydrogens is 293 g/mol. The number of ether oxygens (including phenoxy) is 2. The average molecular weight is 313 g/mol. The van der Waals surface area contributed by atoms with Gasteiger partial charge in [-0.05, 0) is 25.7 Å². The first-order valence-corrected chi connectivity index (χ1v) is 7.54. The molecule has 2 aliphatic rings. The Bertz CT molecular complexity index is 604. The molecule has 22 heavy (non-hydrogen) atoms. The highest BCUT2D eigenvalue weighted by atomic mass is 19.1. The van der Waals surface area contributed by atoms with E-state index >= 15 is 0 Å². The van der Waals surface area contributed by atoms with Crippen molar-refractivity contribution in [3.63, 3.8) is 0 Å². The van der Waals surface area contributed by atoms with Crippen molar-refractivity contribution in [1.29, 1.82) is 0 Å². The van der Waals surface area contributed by atoms with Crippen molar-refractivity contribution in [2.75, 3.05) is 12.3 Å². The van der Waals surface area contributed by atoms with Crippen LogP contribution in [0.3, 0.4) is 0 Å².